The molecule has 0 spiro atoms. The minimum Gasteiger partial charge on any atom is -0.489 e. The molecule has 33 heavy (non-hydrogen) atoms. The van der Waals surface area contributed by atoms with E-state index >= 15 is 0 Å². The van der Waals surface area contributed by atoms with Gasteiger partial charge in [-0.1, -0.05) is 6.07 Å². The number of halogens is 1. The molecule has 1 aliphatic carbocycles. The summed E-state index contributed by atoms with van der Waals surface area (Å²) in [5.74, 6) is 0.704. The van der Waals surface area contributed by atoms with Crippen LogP contribution in [0.4, 0.5) is 10.1 Å². The number of benzene rings is 2. The number of hydrogen-bond donors (Lipinski definition) is 1. The van der Waals surface area contributed by atoms with E-state index in [0.29, 0.717) is 30.5 Å². The quantitative estimate of drug-likeness (QED) is 0.496. The van der Waals surface area contributed by atoms with Gasteiger partial charge in [0.1, 0.15) is 18.2 Å². The summed E-state index contributed by atoms with van der Waals surface area (Å²) in [6, 6.07) is 8.44. The minimum absolute atomic E-state index is 0.0370. The standard InChI is InChI=1S/C25H22FN5O2/c1-15-11-19(26)18(12-22(15)31-13-21(28-14-31)16-5-6-16)25(32)29-20-4-2-3-17-23(20)33-10-9-30-8-7-27-24(17)30/h2-4,7-8,11-14,16H,5-6,9-10H2,1H3,(H,29,32). The van der Waals surface area contributed by atoms with Crippen molar-refractivity contribution in [2.24, 2.45) is 0 Å². The van der Waals surface area contributed by atoms with Gasteiger partial charge in [0.25, 0.3) is 5.91 Å². The van der Waals surface area contributed by atoms with Gasteiger partial charge in [-0.05, 0) is 49.6 Å². The van der Waals surface area contributed by atoms with Crippen molar-refractivity contribution in [3.63, 3.8) is 0 Å². The highest BCUT2D eigenvalue weighted by Gasteiger charge is 2.26. The highest BCUT2D eigenvalue weighted by atomic mass is 19.1. The number of aromatic nitrogens is 4. The number of anilines is 1. The molecule has 6 rings (SSSR count). The van der Waals surface area contributed by atoms with Gasteiger partial charge in [0.05, 0.1) is 41.1 Å². The van der Waals surface area contributed by atoms with Crippen LogP contribution in [0.15, 0.2) is 55.2 Å². The second-order valence-electron chi connectivity index (χ2n) is 8.53. The molecular weight excluding hydrogens is 421 g/mol. The van der Waals surface area contributed by atoms with E-state index in [1.807, 2.05) is 40.6 Å². The molecule has 2 aliphatic rings. The van der Waals surface area contributed by atoms with E-state index in [1.165, 1.54) is 6.07 Å². The Morgan fingerprint density at radius 2 is 2.12 bits per heavy atom. The summed E-state index contributed by atoms with van der Waals surface area (Å²) < 4.78 is 24.7. The van der Waals surface area contributed by atoms with Crippen molar-refractivity contribution in [1.29, 1.82) is 0 Å². The topological polar surface area (TPSA) is 74.0 Å². The fourth-order valence-corrected chi connectivity index (χ4v) is 4.31. The molecule has 0 radical (unpaired) electrons. The maximum atomic E-state index is 14.9. The molecule has 0 bridgehead atoms. The van der Waals surface area contributed by atoms with Crippen LogP contribution in [0.25, 0.3) is 17.1 Å². The summed E-state index contributed by atoms with van der Waals surface area (Å²) in [6.45, 7) is 2.92. The van der Waals surface area contributed by atoms with Crippen LogP contribution >= 0.6 is 0 Å². The van der Waals surface area contributed by atoms with Crippen molar-refractivity contribution < 1.29 is 13.9 Å². The van der Waals surface area contributed by atoms with Crippen LogP contribution in [-0.2, 0) is 6.54 Å². The molecule has 1 N–H and O–H groups in total. The van der Waals surface area contributed by atoms with Gasteiger partial charge in [-0.3, -0.25) is 4.79 Å². The van der Waals surface area contributed by atoms with Gasteiger partial charge in [-0.15, -0.1) is 0 Å². The number of nitrogens with zero attached hydrogens (tertiary/aromatic N) is 4. The molecule has 1 saturated carbocycles. The van der Waals surface area contributed by atoms with Gasteiger partial charge >= 0.3 is 0 Å². The van der Waals surface area contributed by atoms with Crippen molar-refractivity contribution in [2.75, 3.05) is 11.9 Å². The maximum absolute atomic E-state index is 14.9. The van der Waals surface area contributed by atoms with Crippen molar-refractivity contribution in [3.05, 3.63) is 77.9 Å². The summed E-state index contributed by atoms with van der Waals surface area (Å²) in [5, 5.41) is 2.84. The van der Waals surface area contributed by atoms with E-state index in [-0.39, 0.29) is 5.56 Å². The van der Waals surface area contributed by atoms with Gasteiger partial charge in [0.2, 0.25) is 0 Å². The van der Waals surface area contributed by atoms with Gasteiger partial charge in [-0.2, -0.15) is 0 Å². The van der Waals surface area contributed by atoms with Crippen LogP contribution in [0.2, 0.25) is 0 Å². The van der Waals surface area contributed by atoms with Crippen molar-refractivity contribution in [1.82, 2.24) is 19.1 Å². The third-order valence-electron chi connectivity index (χ3n) is 6.20. The molecule has 0 atom stereocenters. The van der Waals surface area contributed by atoms with E-state index in [0.717, 1.165) is 41.2 Å². The molecule has 8 heteroatoms. The average Bonchev–Trinajstić information content (AvgIpc) is 3.41. The highest BCUT2D eigenvalue weighted by molar-refractivity contribution is 6.06. The molecule has 4 aromatic rings. The third-order valence-corrected chi connectivity index (χ3v) is 6.20. The molecular formula is C25H22FN5O2. The van der Waals surface area contributed by atoms with Crippen LogP contribution in [0.1, 0.15) is 40.4 Å². The number of rotatable bonds is 4. The molecule has 1 aliphatic heterocycles. The maximum Gasteiger partial charge on any atom is 0.258 e. The Labute approximate surface area is 189 Å². The van der Waals surface area contributed by atoms with Gasteiger partial charge < -0.3 is 19.2 Å². The Bertz CT molecular complexity index is 1390. The van der Waals surface area contributed by atoms with Crippen molar-refractivity contribution in [3.8, 4) is 22.8 Å². The molecule has 0 unspecified atom stereocenters. The fourth-order valence-electron chi connectivity index (χ4n) is 4.31. The predicted octanol–water partition coefficient (Wildman–Crippen LogP) is 4.71. The van der Waals surface area contributed by atoms with Crippen LogP contribution < -0.4 is 10.1 Å². The Balaban J connectivity index is 1.34. The first kappa shape index (κ1) is 19.7. The van der Waals surface area contributed by atoms with Crippen LogP contribution in [0, 0.1) is 12.7 Å². The minimum atomic E-state index is -0.574. The normalized spacial score (nSPS) is 14.7. The Kier molecular flexibility index (Phi) is 4.53. The number of carbonyl (C=O) groups excluding carboxylic acids is 1. The van der Waals surface area contributed by atoms with E-state index in [4.69, 9.17) is 4.74 Å². The number of imidazole rings is 2. The first-order valence-electron chi connectivity index (χ1n) is 11.0. The SMILES string of the molecule is Cc1cc(F)c(C(=O)Nc2cccc3c2OCCn2ccnc2-3)cc1-n1cnc(C2CC2)c1. The lowest BCUT2D eigenvalue weighted by Gasteiger charge is -2.15. The smallest absolute Gasteiger partial charge is 0.258 e. The second-order valence-corrected chi connectivity index (χ2v) is 8.53. The van der Waals surface area contributed by atoms with E-state index in [9.17, 15) is 9.18 Å². The van der Waals surface area contributed by atoms with Crippen molar-refractivity contribution in [2.45, 2.75) is 32.2 Å². The van der Waals surface area contributed by atoms with E-state index in [2.05, 4.69) is 15.3 Å². The Morgan fingerprint density at radius 1 is 1.24 bits per heavy atom. The van der Waals surface area contributed by atoms with Crippen LogP contribution in [0.3, 0.4) is 0 Å². The van der Waals surface area contributed by atoms with E-state index in [1.54, 1.807) is 24.7 Å². The number of amides is 1. The number of para-hydroxylation sites is 1. The molecule has 3 heterocycles. The fraction of sp³-hybridized carbons (Fsp3) is 0.240. The van der Waals surface area contributed by atoms with Gasteiger partial charge in [-0.25, -0.2) is 14.4 Å². The Morgan fingerprint density at radius 3 is 2.97 bits per heavy atom. The molecule has 1 amide bonds. The summed E-state index contributed by atoms with van der Waals surface area (Å²) in [4.78, 5) is 22.1. The number of hydrogen-bond acceptors (Lipinski definition) is 4. The highest BCUT2D eigenvalue weighted by Crippen LogP contribution is 2.40. The number of fused-ring (bicyclic) bond motifs is 3. The average molecular weight is 443 g/mol. The van der Waals surface area contributed by atoms with Crippen LogP contribution in [-0.4, -0.2) is 31.6 Å². The largest absolute Gasteiger partial charge is 0.489 e. The molecule has 0 saturated heterocycles. The number of carbonyl (C=O) groups is 1. The zero-order chi connectivity index (χ0) is 22.5. The number of aryl methyl sites for hydroxylation is 1. The zero-order valence-corrected chi connectivity index (χ0v) is 18.1. The zero-order valence-electron chi connectivity index (χ0n) is 18.1. The van der Waals surface area contributed by atoms with Crippen LogP contribution in [0.5, 0.6) is 5.75 Å². The predicted molar refractivity (Wildman–Crippen MR) is 121 cm³/mol. The molecule has 2 aromatic heterocycles. The first-order valence-corrected chi connectivity index (χ1v) is 11.0. The lowest BCUT2D eigenvalue weighted by Crippen LogP contribution is -2.16. The van der Waals surface area contributed by atoms with Gasteiger partial charge in [0.15, 0.2) is 5.75 Å². The summed E-state index contributed by atoms with van der Waals surface area (Å²) in [5.41, 5.74) is 3.72. The monoisotopic (exact) mass is 443 g/mol. The second kappa shape index (κ2) is 7.58. The molecule has 1 fully saturated rings. The summed E-state index contributed by atoms with van der Waals surface area (Å²) >= 11 is 0. The molecule has 7 nitrogen and oxygen atoms in total. The third kappa shape index (κ3) is 3.47. The number of ether oxygens (including phenoxy) is 1. The Hall–Kier alpha value is -3.94. The summed E-state index contributed by atoms with van der Waals surface area (Å²) in [6.07, 6.45) is 9.62. The van der Waals surface area contributed by atoms with E-state index < -0.39 is 11.7 Å². The summed E-state index contributed by atoms with van der Waals surface area (Å²) in [7, 11) is 0. The first-order chi connectivity index (χ1) is 16.1. The lowest BCUT2D eigenvalue weighted by molar-refractivity contribution is 0.102. The lowest BCUT2D eigenvalue weighted by atomic mass is 10.1. The molecule has 2 aromatic carbocycles. The van der Waals surface area contributed by atoms with Crippen molar-refractivity contribution >= 4 is 11.6 Å². The molecule has 166 valence electrons. The number of nitrogens with one attached hydrogen (secondary N) is 1. The van der Waals surface area contributed by atoms with Gasteiger partial charge in [0, 0.05) is 24.5 Å².